The minimum Gasteiger partial charge on any atom is -0.381 e. The number of primary amides is 1. The molecular formula is C16H32N2O3. The van der Waals surface area contributed by atoms with Gasteiger partial charge in [0.05, 0.1) is 5.60 Å². The molecule has 2 unspecified atom stereocenters. The fraction of sp³-hybridized carbons (Fsp3) is 0.938. The molecule has 21 heavy (non-hydrogen) atoms. The second-order valence-corrected chi connectivity index (χ2v) is 6.57. The van der Waals surface area contributed by atoms with Gasteiger partial charge in [-0.3, -0.25) is 4.79 Å². The molecule has 1 rings (SSSR count). The van der Waals surface area contributed by atoms with Gasteiger partial charge in [-0.2, -0.15) is 0 Å². The summed E-state index contributed by atoms with van der Waals surface area (Å²) in [6.07, 6.45) is 4.68. The number of carbonyl (C=O) groups is 1. The number of methoxy groups -OCH3 is 1. The summed E-state index contributed by atoms with van der Waals surface area (Å²) >= 11 is 0. The second kappa shape index (κ2) is 8.11. The molecule has 1 aliphatic rings. The van der Waals surface area contributed by atoms with Crippen molar-refractivity contribution in [3.8, 4) is 0 Å². The zero-order valence-corrected chi connectivity index (χ0v) is 14.0. The highest BCUT2D eigenvalue weighted by molar-refractivity contribution is 5.85. The van der Waals surface area contributed by atoms with Crippen molar-refractivity contribution in [1.29, 1.82) is 0 Å². The lowest BCUT2D eigenvalue weighted by molar-refractivity contribution is -0.126. The number of carbonyl (C=O) groups excluding carboxylic acids is 1. The average Bonchev–Trinajstić information content (AvgIpc) is 2.83. The first-order valence-electron chi connectivity index (χ1n) is 8.06. The van der Waals surface area contributed by atoms with E-state index in [-0.39, 0.29) is 17.4 Å². The Bertz CT molecular complexity index is 333. The van der Waals surface area contributed by atoms with Crippen molar-refractivity contribution < 1.29 is 14.3 Å². The fourth-order valence-corrected chi connectivity index (χ4v) is 3.18. The smallest absolute Gasteiger partial charge is 0.238 e. The van der Waals surface area contributed by atoms with Crippen LogP contribution in [0.2, 0.25) is 0 Å². The molecule has 0 aromatic carbocycles. The maximum atomic E-state index is 11.9. The van der Waals surface area contributed by atoms with E-state index in [1.807, 2.05) is 6.92 Å². The summed E-state index contributed by atoms with van der Waals surface area (Å²) in [6, 6.07) is 0. The number of nitrogens with two attached hydrogens (primary N) is 1. The van der Waals surface area contributed by atoms with Crippen molar-refractivity contribution in [2.45, 2.75) is 64.0 Å². The van der Waals surface area contributed by atoms with Crippen LogP contribution in [0.15, 0.2) is 0 Å². The third-order valence-electron chi connectivity index (χ3n) is 4.76. The molecule has 0 radical (unpaired) electrons. The SMILES string of the molecule is CCNC1(C(N)=O)CCCC1CCOCCC(C)(C)OC. The van der Waals surface area contributed by atoms with Crippen molar-refractivity contribution in [2.24, 2.45) is 11.7 Å². The number of hydrogen-bond donors (Lipinski definition) is 2. The number of ether oxygens (including phenoxy) is 2. The molecule has 0 spiro atoms. The Morgan fingerprint density at radius 2 is 2.14 bits per heavy atom. The van der Waals surface area contributed by atoms with Gasteiger partial charge in [-0.1, -0.05) is 13.3 Å². The van der Waals surface area contributed by atoms with Gasteiger partial charge in [0.1, 0.15) is 5.54 Å². The van der Waals surface area contributed by atoms with Gasteiger partial charge in [0.25, 0.3) is 0 Å². The van der Waals surface area contributed by atoms with Gasteiger partial charge in [0.15, 0.2) is 0 Å². The normalized spacial score (nSPS) is 26.2. The molecule has 0 aliphatic heterocycles. The Labute approximate surface area is 128 Å². The van der Waals surface area contributed by atoms with Crippen LogP contribution in [-0.4, -0.2) is 43.9 Å². The van der Waals surface area contributed by atoms with Crippen LogP contribution in [0, 0.1) is 5.92 Å². The number of rotatable bonds is 10. The van der Waals surface area contributed by atoms with E-state index < -0.39 is 5.54 Å². The third-order valence-corrected chi connectivity index (χ3v) is 4.76. The molecule has 1 fully saturated rings. The van der Waals surface area contributed by atoms with Gasteiger partial charge < -0.3 is 20.5 Å². The molecule has 1 amide bonds. The van der Waals surface area contributed by atoms with Gasteiger partial charge in [-0.05, 0) is 52.0 Å². The summed E-state index contributed by atoms with van der Waals surface area (Å²) in [4.78, 5) is 11.9. The Kier molecular flexibility index (Phi) is 7.10. The molecular weight excluding hydrogens is 268 g/mol. The van der Waals surface area contributed by atoms with Crippen molar-refractivity contribution in [2.75, 3.05) is 26.9 Å². The van der Waals surface area contributed by atoms with E-state index in [0.29, 0.717) is 13.2 Å². The van der Waals surface area contributed by atoms with Crippen LogP contribution in [0.25, 0.3) is 0 Å². The maximum Gasteiger partial charge on any atom is 0.238 e. The van der Waals surface area contributed by atoms with E-state index in [2.05, 4.69) is 19.2 Å². The Morgan fingerprint density at radius 3 is 2.71 bits per heavy atom. The number of amides is 1. The summed E-state index contributed by atoms with van der Waals surface area (Å²) in [5, 5.41) is 3.33. The fourth-order valence-electron chi connectivity index (χ4n) is 3.18. The quantitative estimate of drug-likeness (QED) is 0.604. The molecule has 0 heterocycles. The second-order valence-electron chi connectivity index (χ2n) is 6.57. The molecule has 5 heteroatoms. The van der Waals surface area contributed by atoms with Gasteiger partial charge in [-0.15, -0.1) is 0 Å². The lowest BCUT2D eigenvalue weighted by Crippen LogP contribution is -2.58. The molecule has 1 saturated carbocycles. The highest BCUT2D eigenvalue weighted by Gasteiger charge is 2.46. The lowest BCUT2D eigenvalue weighted by Gasteiger charge is -2.33. The van der Waals surface area contributed by atoms with Crippen molar-refractivity contribution >= 4 is 5.91 Å². The van der Waals surface area contributed by atoms with Crippen LogP contribution in [0.3, 0.4) is 0 Å². The predicted molar refractivity (Wildman–Crippen MR) is 84.1 cm³/mol. The summed E-state index contributed by atoms with van der Waals surface area (Å²) in [5.74, 6) is 0.0674. The van der Waals surface area contributed by atoms with Crippen LogP contribution in [-0.2, 0) is 14.3 Å². The van der Waals surface area contributed by atoms with E-state index in [1.54, 1.807) is 7.11 Å². The highest BCUT2D eigenvalue weighted by Crippen LogP contribution is 2.37. The van der Waals surface area contributed by atoms with E-state index >= 15 is 0 Å². The number of hydrogen-bond acceptors (Lipinski definition) is 4. The Hall–Kier alpha value is -0.650. The molecule has 0 aromatic heterocycles. The van der Waals surface area contributed by atoms with E-state index in [4.69, 9.17) is 15.2 Å². The van der Waals surface area contributed by atoms with E-state index in [0.717, 1.165) is 38.6 Å². The average molecular weight is 300 g/mol. The van der Waals surface area contributed by atoms with Crippen molar-refractivity contribution in [3.05, 3.63) is 0 Å². The molecule has 0 bridgehead atoms. The molecule has 0 saturated heterocycles. The number of likely N-dealkylation sites (N-methyl/N-ethyl adjacent to an activating group) is 1. The molecule has 1 aliphatic carbocycles. The monoisotopic (exact) mass is 300 g/mol. The molecule has 124 valence electrons. The molecule has 2 atom stereocenters. The van der Waals surface area contributed by atoms with E-state index in [1.165, 1.54) is 0 Å². The Morgan fingerprint density at radius 1 is 1.43 bits per heavy atom. The lowest BCUT2D eigenvalue weighted by atomic mass is 9.84. The molecule has 0 aromatic rings. The van der Waals surface area contributed by atoms with Crippen LogP contribution in [0.5, 0.6) is 0 Å². The van der Waals surface area contributed by atoms with Gasteiger partial charge >= 0.3 is 0 Å². The Balaban J connectivity index is 2.38. The summed E-state index contributed by atoms with van der Waals surface area (Å²) < 4.78 is 11.1. The molecule has 3 N–H and O–H groups in total. The first-order valence-corrected chi connectivity index (χ1v) is 8.06. The van der Waals surface area contributed by atoms with Crippen molar-refractivity contribution in [1.82, 2.24) is 5.32 Å². The predicted octanol–water partition coefficient (Wildman–Crippen LogP) is 1.84. The molecule has 5 nitrogen and oxygen atoms in total. The minimum atomic E-state index is -0.524. The van der Waals surface area contributed by atoms with Crippen LogP contribution >= 0.6 is 0 Å². The number of nitrogens with one attached hydrogen (secondary N) is 1. The summed E-state index contributed by atoms with van der Waals surface area (Å²) in [5.41, 5.74) is 4.99. The minimum absolute atomic E-state index is 0.145. The third kappa shape index (κ3) is 4.94. The highest BCUT2D eigenvalue weighted by atomic mass is 16.5. The first kappa shape index (κ1) is 18.4. The zero-order chi connectivity index (χ0) is 15.9. The summed E-state index contributed by atoms with van der Waals surface area (Å²) in [7, 11) is 1.72. The summed E-state index contributed by atoms with van der Waals surface area (Å²) in [6.45, 7) is 8.24. The van der Waals surface area contributed by atoms with Crippen molar-refractivity contribution in [3.63, 3.8) is 0 Å². The topological polar surface area (TPSA) is 73.6 Å². The van der Waals surface area contributed by atoms with Crippen LogP contribution < -0.4 is 11.1 Å². The van der Waals surface area contributed by atoms with Gasteiger partial charge in [-0.25, -0.2) is 0 Å². The van der Waals surface area contributed by atoms with E-state index in [9.17, 15) is 4.79 Å². The largest absolute Gasteiger partial charge is 0.381 e. The van der Waals surface area contributed by atoms with Crippen LogP contribution in [0.1, 0.15) is 52.9 Å². The van der Waals surface area contributed by atoms with Gasteiger partial charge in [0.2, 0.25) is 5.91 Å². The maximum absolute atomic E-state index is 11.9. The van der Waals surface area contributed by atoms with Gasteiger partial charge in [0, 0.05) is 20.3 Å². The standard InChI is InChI=1S/C16H32N2O3/c1-5-18-16(14(17)19)9-6-7-13(16)8-11-21-12-10-15(2,3)20-4/h13,18H,5-12H2,1-4H3,(H2,17,19). The van der Waals surface area contributed by atoms with Crippen LogP contribution in [0.4, 0.5) is 0 Å². The zero-order valence-electron chi connectivity index (χ0n) is 14.0. The first-order chi connectivity index (χ1) is 9.88.